The fraction of sp³-hybridized carbons (Fsp3) is 0.269. The van der Waals surface area contributed by atoms with E-state index in [-0.39, 0.29) is 23.7 Å². The van der Waals surface area contributed by atoms with E-state index in [4.69, 9.17) is 0 Å². The molecule has 1 aromatic heterocycles. The SMILES string of the molecule is C[C@H](CC1(NC(=O)c2ccc(C(=O)O)n2C)C[C@H]1c1ccc(-c2ccccc2)cc1)C(=O)O. The lowest BCUT2D eigenvalue weighted by Gasteiger charge is -2.22. The Labute approximate surface area is 191 Å². The highest BCUT2D eigenvalue weighted by molar-refractivity contribution is 5.96. The molecule has 1 unspecified atom stereocenters. The molecule has 0 aliphatic heterocycles. The van der Waals surface area contributed by atoms with Gasteiger partial charge in [-0.3, -0.25) is 9.59 Å². The third-order valence-corrected chi connectivity index (χ3v) is 6.52. The van der Waals surface area contributed by atoms with Crippen LogP contribution in [0, 0.1) is 5.92 Å². The largest absolute Gasteiger partial charge is 0.481 e. The van der Waals surface area contributed by atoms with Gasteiger partial charge in [0.05, 0.1) is 5.92 Å². The summed E-state index contributed by atoms with van der Waals surface area (Å²) in [5.74, 6) is -3.10. The molecule has 2 aromatic carbocycles. The Bertz CT molecular complexity index is 1200. The fourth-order valence-electron chi connectivity index (χ4n) is 4.57. The summed E-state index contributed by atoms with van der Waals surface area (Å²) >= 11 is 0. The summed E-state index contributed by atoms with van der Waals surface area (Å²) in [5.41, 5.74) is 2.76. The minimum Gasteiger partial charge on any atom is -0.481 e. The molecule has 7 heteroatoms. The summed E-state index contributed by atoms with van der Waals surface area (Å²) in [6.07, 6.45) is 0.909. The second kappa shape index (κ2) is 8.58. The molecule has 7 nitrogen and oxygen atoms in total. The molecule has 1 saturated carbocycles. The monoisotopic (exact) mass is 446 g/mol. The third kappa shape index (κ3) is 4.39. The van der Waals surface area contributed by atoms with Crippen LogP contribution in [0.1, 0.15) is 52.2 Å². The minimum atomic E-state index is -1.12. The van der Waals surface area contributed by atoms with Gasteiger partial charge in [0.15, 0.2) is 0 Å². The van der Waals surface area contributed by atoms with Gasteiger partial charge in [-0.2, -0.15) is 0 Å². The number of aliphatic carboxylic acids is 1. The molecular weight excluding hydrogens is 420 g/mol. The summed E-state index contributed by atoms with van der Waals surface area (Å²) in [6.45, 7) is 1.63. The van der Waals surface area contributed by atoms with Crippen molar-refractivity contribution >= 4 is 17.8 Å². The number of nitrogens with zero attached hydrogens (tertiary/aromatic N) is 1. The van der Waals surface area contributed by atoms with Crippen molar-refractivity contribution in [1.82, 2.24) is 9.88 Å². The molecule has 0 bridgehead atoms. The molecule has 170 valence electrons. The van der Waals surface area contributed by atoms with Gasteiger partial charge < -0.3 is 20.1 Å². The summed E-state index contributed by atoms with van der Waals surface area (Å²) in [4.78, 5) is 35.9. The van der Waals surface area contributed by atoms with Crippen molar-refractivity contribution in [1.29, 1.82) is 0 Å². The zero-order chi connectivity index (χ0) is 23.8. The van der Waals surface area contributed by atoms with Gasteiger partial charge in [-0.25, -0.2) is 4.79 Å². The lowest BCUT2D eigenvalue weighted by molar-refractivity contribution is -0.141. The highest BCUT2D eigenvalue weighted by Crippen LogP contribution is 2.55. The maximum atomic E-state index is 13.1. The van der Waals surface area contributed by atoms with Crippen LogP contribution in [0.3, 0.4) is 0 Å². The molecule has 1 heterocycles. The zero-order valence-electron chi connectivity index (χ0n) is 18.5. The number of hydrogen-bond acceptors (Lipinski definition) is 3. The van der Waals surface area contributed by atoms with Gasteiger partial charge in [0.1, 0.15) is 11.4 Å². The average molecular weight is 447 g/mol. The number of aromatic nitrogens is 1. The van der Waals surface area contributed by atoms with E-state index in [0.29, 0.717) is 6.42 Å². The molecular formula is C26H26N2O5. The smallest absolute Gasteiger partial charge is 0.352 e. The first-order chi connectivity index (χ1) is 15.7. The van der Waals surface area contributed by atoms with Gasteiger partial charge in [-0.1, -0.05) is 61.5 Å². The van der Waals surface area contributed by atoms with Crippen LogP contribution < -0.4 is 5.32 Å². The number of hydrogen-bond donors (Lipinski definition) is 3. The Morgan fingerprint density at radius 2 is 1.58 bits per heavy atom. The van der Waals surface area contributed by atoms with Gasteiger partial charge in [0.25, 0.3) is 5.91 Å². The van der Waals surface area contributed by atoms with Gasteiger partial charge in [0.2, 0.25) is 0 Å². The predicted octanol–water partition coefficient (Wildman–Crippen LogP) is 4.16. The average Bonchev–Trinajstić information content (AvgIpc) is 3.33. The number of carboxylic acids is 2. The summed E-state index contributed by atoms with van der Waals surface area (Å²) in [5, 5.41) is 21.8. The molecule has 3 aromatic rings. The number of aromatic carboxylic acids is 1. The quantitative estimate of drug-likeness (QED) is 0.482. The normalized spacial score (nSPS) is 20.1. The van der Waals surface area contributed by atoms with Crippen LogP contribution in [-0.2, 0) is 11.8 Å². The Morgan fingerprint density at radius 1 is 0.970 bits per heavy atom. The molecule has 0 radical (unpaired) electrons. The van der Waals surface area contributed by atoms with Crippen molar-refractivity contribution < 1.29 is 24.6 Å². The first-order valence-corrected chi connectivity index (χ1v) is 10.8. The van der Waals surface area contributed by atoms with Crippen LogP contribution in [0.5, 0.6) is 0 Å². The van der Waals surface area contributed by atoms with Crippen molar-refractivity contribution in [2.75, 3.05) is 0 Å². The standard InChI is InChI=1S/C26H26N2O5/c1-16(24(30)31)14-26(27-23(29)21-12-13-22(25(32)33)28(21)2)15-20(26)19-10-8-18(9-11-19)17-6-4-3-5-7-17/h3-13,16,20H,14-15H2,1-2H3,(H,27,29)(H,30,31)(H,32,33)/t16-,20+,26?/m1/s1. The number of benzene rings is 2. The number of amides is 1. The second-order valence-corrected chi connectivity index (χ2v) is 8.77. The molecule has 4 rings (SSSR count). The molecule has 3 N–H and O–H groups in total. The zero-order valence-corrected chi connectivity index (χ0v) is 18.5. The van der Waals surface area contributed by atoms with Crippen LogP contribution >= 0.6 is 0 Å². The van der Waals surface area contributed by atoms with E-state index >= 15 is 0 Å². The van der Waals surface area contributed by atoms with Crippen LogP contribution in [0.2, 0.25) is 0 Å². The lowest BCUT2D eigenvalue weighted by Crippen LogP contribution is -2.41. The van der Waals surface area contributed by atoms with Gasteiger partial charge in [-0.05, 0) is 41.7 Å². The van der Waals surface area contributed by atoms with Crippen LogP contribution in [0.4, 0.5) is 0 Å². The molecule has 0 saturated heterocycles. The highest BCUT2D eigenvalue weighted by Gasteiger charge is 2.57. The Kier molecular flexibility index (Phi) is 5.80. The van der Waals surface area contributed by atoms with E-state index in [9.17, 15) is 24.6 Å². The number of nitrogens with one attached hydrogen (secondary N) is 1. The molecule has 1 fully saturated rings. The van der Waals surface area contributed by atoms with Gasteiger partial charge >= 0.3 is 11.9 Å². The molecule has 1 aliphatic carbocycles. The Hall–Kier alpha value is -3.87. The van der Waals surface area contributed by atoms with E-state index in [2.05, 4.69) is 5.32 Å². The molecule has 3 atom stereocenters. The third-order valence-electron chi connectivity index (χ3n) is 6.52. The highest BCUT2D eigenvalue weighted by atomic mass is 16.4. The van der Waals surface area contributed by atoms with E-state index < -0.39 is 29.3 Å². The lowest BCUT2D eigenvalue weighted by atomic mass is 9.94. The van der Waals surface area contributed by atoms with Crippen molar-refractivity contribution in [3.63, 3.8) is 0 Å². The van der Waals surface area contributed by atoms with Gasteiger partial charge in [-0.15, -0.1) is 0 Å². The van der Waals surface area contributed by atoms with Crippen LogP contribution in [0.15, 0.2) is 66.7 Å². The van der Waals surface area contributed by atoms with Crippen molar-refractivity contribution in [2.24, 2.45) is 13.0 Å². The van der Waals surface area contributed by atoms with Crippen molar-refractivity contribution in [2.45, 2.75) is 31.2 Å². The van der Waals surface area contributed by atoms with E-state index in [1.54, 1.807) is 6.92 Å². The van der Waals surface area contributed by atoms with Crippen molar-refractivity contribution in [3.8, 4) is 11.1 Å². The first-order valence-electron chi connectivity index (χ1n) is 10.8. The first kappa shape index (κ1) is 22.3. The van der Waals surface area contributed by atoms with Crippen molar-refractivity contribution in [3.05, 3.63) is 83.7 Å². The van der Waals surface area contributed by atoms with E-state index in [1.807, 2.05) is 54.6 Å². The fourth-order valence-corrected chi connectivity index (χ4v) is 4.57. The predicted molar refractivity (Wildman–Crippen MR) is 123 cm³/mol. The van der Waals surface area contributed by atoms with E-state index in [0.717, 1.165) is 16.7 Å². The molecule has 0 spiro atoms. The number of carbonyl (C=O) groups excluding carboxylic acids is 1. The Balaban J connectivity index is 1.58. The maximum Gasteiger partial charge on any atom is 0.352 e. The topological polar surface area (TPSA) is 109 Å². The maximum absolute atomic E-state index is 13.1. The minimum absolute atomic E-state index is 0.0111. The summed E-state index contributed by atoms with van der Waals surface area (Å²) in [7, 11) is 1.53. The van der Waals surface area contributed by atoms with Gasteiger partial charge in [0, 0.05) is 18.5 Å². The van der Waals surface area contributed by atoms with E-state index in [1.165, 1.54) is 23.7 Å². The Morgan fingerprint density at radius 3 is 2.15 bits per heavy atom. The van der Waals surface area contributed by atoms with Crippen LogP contribution in [0.25, 0.3) is 11.1 Å². The summed E-state index contributed by atoms with van der Waals surface area (Å²) < 4.78 is 1.33. The van der Waals surface area contributed by atoms with Crippen LogP contribution in [-0.4, -0.2) is 38.2 Å². The molecule has 33 heavy (non-hydrogen) atoms. The number of carboxylic acid groups (broad SMARTS) is 2. The second-order valence-electron chi connectivity index (χ2n) is 8.77. The molecule has 1 amide bonds. The molecule has 1 aliphatic rings. The number of rotatable bonds is 8. The summed E-state index contributed by atoms with van der Waals surface area (Å²) in [6, 6.07) is 21.0. The number of carbonyl (C=O) groups is 3.